The average Bonchev–Trinajstić information content (AvgIpc) is 3.24. The van der Waals surface area contributed by atoms with E-state index in [1.807, 2.05) is 38.1 Å². The summed E-state index contributed by atoms with van der Waals surface area (Å²) in [6, 6.07) is 13.2. The molecule has 1 aliphatic heterocycles. The average molecular weight is 429 g/mol. The van der Waals surface area contributed by atoms with Crippen molar-refractivity contribution < 1.29 is 13.2 Å². The summed E-state index contributed by atoms with van der Waals surface area (Å²) < 4.78 is 28.8. The third kappa shape index (κ3) is 4.01. The zero-order valence-corrected chi connectivity index (χ0v) is 17.6. The molecule has 2 heterocycles. The summed E-state index contributed by atoms with van der Waals surface area (Å²) >= 11 is 1.70. The second-order valence-corrected chi connectivity index (χ2v) is 9.56. The Bertz CT molecular complexity index is 1180. The molecule has 4 rings (SSSR count). The summed E-state index contributed by atoms with van der Waals surface area (Å²) in [6.07, 6.45) is 0. The summed E-state index contributed by atoms with van der Waals surface area (Å²) in [5.74, 6) is 1.96. The highest BCUT2D eigenvalue weighted by atomic mass is 32.2. The molecule has 0 spiro atoms. The van der Waals surface area contributed by atoms with Crippen LogP contribution in [0.25, 0.3) is 5.69 Å². The Kier molecular flexibility index (Phi) is 5.10. The van der Waals surface area contributed by atoms with E-state index in [0.29, 0.717) is 11.6 Å². The molecule has 3 aromatic rings. The highest BCUT2D eigenvalue weighted by Gasteiger charge is 2.26. The number of thioether (sulfide) groups is 1. The molecule has 0 saturated carbocycles. The van der Waals surface area contributed by atoms with Gasteiger partial charge in [-0.15, -0.1) is 0 Å². The molecule has 29 heavy (non-hydrogen) atoms. The van der Waals surface area contributed by atoms with Gasteiger partial charge in [-0.3, -0.25) is 5.32 Å². The van der Waals surface area contributed by atoms with Gasteiger partial charge in [0.05, 0.1) is 16.3 Å². The number of urea groups is 1. The van der Waals surface area contributed by atoms with Gasteiger partial charge in [-0.2, -0.15) is 16.9 Å². The molecule has 0 fully saturated rings. The topological polar surface area (TPSA) is 93.1 Å². The quantitative estimate of drug-likeness (QED) is 0.660. The third-order valence-corrected chi connectivity index (χ3v) is 6.91. The predicted molar refractivity (Wildman–Crippen MR) is 114 cm³/mol. The molecule has 2 N–H and O–H groups in total. The summed E-state index contributed by atoms with van der Waals surface area (Å²) in [7, 11) is -3.97. The van der Waals surface area contributed by atoms with Gasteiger partial charge in [0.15, 0.2) is 0 Å². The number of anilines is 1. The standard InChI is InChI=1S/C20H20N4O3S2/c1-13-6-8-16(9-7-13)29(26,27)23-20(25)21-19-17-11-28-12-18(17)22-24(19)15-5-3-4-14(2)10-15/h3-10H,11-12H2,1-2H3,(H2,21,23,25). The van der Waals surface area contributed by atoms with E-state index in [1.54, 1.807) is 28.6 Å². The molecule has 150 valence electrons. The second kappa shape index (κ2) is 7.57. The number of rotatable bonds is 4. The number of benzene rings is 2. The molecular formula is C20H20N4O3S2. The highest BCUT2D eigenvalue weighted by Crippen LogP contribution is 2.36. The summed E-state index contributed by atoms with van der Waals surface area (Å²) in [4.78, 5) is 12.6. The normalized spacial score (nSPS) is 13.2. The maximum absolute atomic E-state index is 12.6. The van der Waals surface area contributed by atoms with E-state index in [1.165, 1.54) is 12.1 Å². The number of sulfonamides is 1. The Morgan fingerprint density at radius 2 is 1.83 bits per heavy atom. The van der Waals surface area contributed by atoms with E-state index in [-0.39, 0.29) is 4.90 Å². The highest BCUT2D eigenvalue weighted by molar-refractivity contribution is 7.98. The van der Waals surface area contributed by atoms with Crippen LogP contribution in [0.1, 0.15) is 22.4 Å². The zero-order chi connectivity index (χ0) is 20.6. The Morgan fingerprint density at radius 1 is 1.07 bits per heavy atom. The number of aryl methyl sites for hydroxylation is 2. The van der Waals surface area contributed by atoms with Crippen LogP contribution in [-0.2, 0) is 21.5 Å². The van der Waals surface area contributed by atoms with Crippen molar-refractivity contribution in [3.63, 3.8) is 0 Å². The van der Waals surface area contributed by atoms with Gasteiger partial charge in [0, 0.05) is 17.1 Å². The minimum atomic E-state index is -3.97. The molecule has 0 unspecified atom stereocenters. The van der Waals surface area contributed by atoms with E-state index >= 15 is 0 Å². The van der Waals surface area contributed by atoms with Gasteiger partial charge in [0.2, 0.25) is 0 Å². The molecule has 0 bridgehead atoms. The Labute approximate surface area is 173 Å². The van der Waals surface area contributed by atoms with Crippen LogP contribution in [0.5, 0.6) is 0 Å². The van der Waals surface area contributed by atoms with E-state index in [4.69, 9.17) is 0 Å². The number of aromatic nitrogens is 2. The third-order valence-electron chi connectivity index (χ3n) is 4.59. The zero-order valence-electron chi connectivity index (χ0n) is 16.0. The van der Waals surface area contributed by atoms with Crippen LogP contribution in [0, 0.1) is 13.8 Å². The summed E-state index contributed by atoms with van der Waals surface area (Å²) in [5.41, 5.74) is 4.61. The van der Waals surface area contributed by atoms with Crippen molar-refractivity contribution >= 4 is 33.6 Å². The van der Waals surface area contributed by atoms with Crippen molar-refractivity contribution in [3.8, 4) is 5.69 Å². The first-order chi connectivity index (χ1) is 13.8. The molecule has 2 aromatic carbocycles. The molecule has 0 saturated heterocycles. The number of nitrogens with one attached hydrogen (secondary N) is 2. The van der Waals surface area contributed by atoms with Gasteiger partial charge in [0.25, 0.3) is 10.0 Å². The largest absolute Gasteiger partial charge is 0.334 e. The van der Waals surface area contributed by atoms with Crippen LogP contribution in [-0.4, -0.2) is 24.2 Å². The first-order valence-corrected chi connectivity index (χ1v) is 11.6. The summed E-state index contributed by atoms with van der Waals surface area (Å²) in [5, 5.41) is 7.33. The number of carbonyl (C=O) groups excluding carboxylic acids is 1. The van der Waals surface area contributed by atoms with Gasteiger partial charge in [-0.25, -0.2) is 22.6 Å². The molecule has 2 amide bonds. The van der Waals surface area contributed by atoms with Crippen molar-refractivity contribution in [2.45, 2.75) is 30.2 Å². The second-order valence-electron chi connectivity index (χ2n) is 6.89. The number of nitrogens with zero attached hydrogens (tertiary/aromatic N) is 2. The van der Waals surface area contributed by atoms with Crippen LogP contribution in [0.3, 0.4) is 0 Å². The molecule has 0 atom stereocenters. The van der Waals surface area contributed by atoms with Crippen molar-refractivity contribution in [1.82, 2.24) is 14.5 Å². The minimum Gasteiger partial charge on any atom is -0.291 e. The molecule has 0 radical (unpaired) electrons. The first-order valence-electron chi connectivity index (χ1n) is 8.99. The molecule has 1 aromatic heterocycles. The van der Waals surface area contributed by atoms with Crippen molar-refractivity contribution in [2.75, 3.05) is 5.32 Å². The lowest BCUT2D eigenvalue weighted by atomic mass is 10.2. The monoisotopic (exact) mass is 428 g/mol. The van der Waals surface area contributed by atoms with Gasteiger partial charge in [0.1, 0.15) is 5.82 Å². The number of hydrogen-bond acceptors (Lipinski definition) is 5. The predicted octanol–water partition coefficient (Wildman–Crippen LogP) is 3.75. The minimum absolute atomic E-state index is 0.0335. The number of amides is 2. The van der Waals surface area contributed by atoms with Crippen LogP contribution >= 0.6 is 11.8 Å². The van der Waals surface area contributed by atoms with E-state index in [2.05, 4.69) is 15.1 Å². The SMILES string of the molecule is Cc1ccc(S(=O)(=O)NC(=O)Nc2c3c(nn2-c2cccc(C)c2)CSC3)cc1. The van der Waals surface area contributed by atoms with Crippen molar-refractivity contribution in [1.29, 1.82) is 0 Å². The Morgan fingerprint density at radius 3 is 2.55 bits per heavy atom. The van der Waals surface area contributed by atoms with Crippen LogP contribution in [0.15, 0.2) is 53.4 Å². The molecule has 7 nitrogen and oxygen atoms in total. The van der Waals surface area contributed by atoms with Crippen LogP contribution in [0.2, 0.25) is 0 Å². The molecule has 9 heteroatoms. The Balaban J connectivity index is 1.62. The number of hydrogen-bond donors (Lipinski definition) is 2. The lowest BCUT2D eigenvalue weighted by Crippen LogP contribution is -2.35. The maximum Gasteiger partial charge on any atom is 0.334 e. The Hall–Kier alpha value is -2.78. The van der Waals surface area contributed by atoms with Crippen molar-refractivity contribution in [3.05, 3.63) is 70.9 Å². The molecular weight excluding hydrogens is 408 g/mol. The molecule has 0 aliphatic carbocycles. The van der Waals surface area contributed by atoms with Crippen LogP contribution < -0.4 is 10.0 Å². The van der Waals surface area contributed by atoms with Crippen molar-refractivity contribution in [2.24, 2.45) is 0 Å². The van der Waals surface area contributed by atoms with Gasteiger partial charge >= 0.3 is 6.03 Å². The maximum atomic E-state index is 12.6. The molecule has 1 aliphatic rings. The fourth-order valence-electron chi connectivity index (χ4n) is 3.12. The van der Waals surface area contributed by atoms with E-state index in [0.717, 1.165) is 33.8 Å². The first kappa shape index (κ1) is 19.5. The number of fused-ring (bicyclic) bond motifs is 1. The lowest BCUT2D eigenvalue weighted by molar-refractivity contribution is 0.256. The lowest BCUT2D eigenvalue weighted by Gasteiger charge is -2.13. The fraction of sp³-hybridized carbons (Fsp3) is 0.200. The van der Waals surface area contributed by atoms with Crippen LogP contribution in [0.4, 0.5) is 10.6 Å². The van der Waals surface area contributed by atoms with Gasteiger partial charge < -0.3 is 0 Å². The smallest absolute Gasteiger partial charge is 0.291 e. The van der Waals surface area contributed by atoms with E-state index in [9.17, 15) is 13.2 Å². The fourth-order valence-corrected chi connectivity index (χ4v) is 5.06. The van der Waals surface area contributed by atoms with Gasteiger partial charge in [-0.05, 0) is 43.7 Å². The number of carbonyl (C=O) groups is 1. The van der Waals surface area contributed by atoms with E-state index < -0.39 is 16.1 Å². The van der Waals surface area contributed by atoms with Gasteiger partial charge in [-0.1, -0.05) is 29.8 Å². The summed E-state index contributed by atoms with van der Waals surface area (Å²) in [6.45, 7) is 3.84.